The Labute approximate surface area is 197 Å². The van der Waals surface area contributed by atoms with Crippen molar-refractivity contribution < 1.29 is 39.4 Å². The average molecular weight is 481 g/mol. The van der Waals surface area contributed by atoms with Crippen molar-refractivity contribution in [2.75, 3.05) is 26.4 Å². The van der Waals surface area contributed by atoms with E-state index < -0.39 is 37.1 Å². The van der Waals surface area contributed by atoms with Gasteiger partial charge in [0, 0.05) is 12.0 Å². The van der Waals surface area contributed by atoms with Crippen LogP contribution in [-0.2, 0) is 11.2 Å². The molecule has 0 spiro atoms. The molecule has 0 aromatic heterocycles. The standard InChI is InChI=1S/C24H29ClO8/c1-2-30-15-6-4-13(5-7-15)10-14-11-16(23-24(18(14)25)32-9-3-8-31-23)22-21(29)20(28)19(27)17(12-26)33-22/h4-7,11,17,19-22,26-29H,2-3,8-10,12H2,1H3. The minimum absolute atomic E-state index is 0.331. The van der Waals surface area contributed by atoms with E-state index in [0.29, 0.717) is 54.7 Å². The van der Waals surface area contributed by atoms with Crippen LogP contribution in [0.1, 0.15) is 36.1 Å². The van der Waals surface area contributed by atoms with Gasteiger partial charge in [0.2, 0.25) is 0 Å². The van der Waals surface area contributed by atoms with Crippen LogP contribution in [0.25, 0.3) is 0 Å². The number of rotatable bonds is 6. The van der Waals surface area contributed by atoms with Crippen molar-refractivity contribution in [3.05, 3.63) is 52.0 Å². The minimum Gasteiger partial charge on any atom is -0.494 e. The van der Waals surface area contributed by atoms with Crippen molar-refractivity contribution in [1.82, 2.24) is 0 Å². The van der Waals surface area contributed by atoms with Crippen LogP contribution in [0.2, 0.25) is 5.02 Å². The molecule has 9 heteroatoms. The second-order valence-electron chi connectivity index (χ2n) is 8.15. The average Bonchev–Trinajstić information content (AvgIpc) is 3.08. The van der Waals surface area contributed by atoms with Gasteiger partial charge in [-0.25, -0.2) is 0 Å². The molecule has 4 N–H and O–H groups in total. The SMILES string of the molecule is CCOc1ccc(Cc2cc(C3OC(CO)C(O)C(O)C3O)c3c(c2Cl)OCCCO3)cc1. The summed E-state index contributed by atoms with van der Waals surface area (Å²) < 4.78 is 23.1. The van der Waals surface area contributed by atoms with E-state index in [1.165, 1.54) is 0 Å². The highest BCUT2D eigenvalue weighted by Crippen LogP contribution is 2.47. The fourth-order valence-electron chi connectivity index (χ4n) is 4.17. The number of ether oxygens (including phenoxy) is 4. The lowest BCUT2D eigenvalue weighted by Crippen LogP contribution is -2.55. The largest absolute Gasteiger partial charge is 0.494 e. The molecule has 1 fully saturated rings. The van der Waals surface area contributed by atoms with Gasteiger partial charge in [-0.2, -0.15) is 0 Å². The van der Waals surface area contributed by atoms with Crippen molar-refractivity contribution in [3.63, 3.8) is 0 Å². The van der Waals surface area contributed by atoms with E-state index in [-0.39, 0.29) is 0 Å². The fourth-order valence-corrected chi connectivity index (χ4v) is 4.43. The molecule has 1 saturated heterocycles. The van der Waals surface area contributed by atoms with Gasteiger partial charge < -0.3 is 39.4 Å². The molecule has 0 saturated carbocycles. The highest BCUT2D eigenvalue weighted by molar-refractivity contribution is 6.33. The zero-order valence-electron chi connectivity index (χ0n) is 18.3. The van der Waals surface area contributed by atoms with Crippen LogP contribution in [0.3, 0.4) is 0 Å². The van der Waals surface area contributed by atoms with Crippen LogP contribution < -0.4 is 14.2 Å². The van der Waals surface area contributed by atoms with Gasteiger partial charge >= 0.3 is 0 Å². The summed E-state index contributed by atoms with van der Waals surface area (Å²) in [7, 11) is 0. The van der Waals surface area contributed by atoms with Gasteiger partial charge in [-0.05, 0) is 42.7 Å². The summed E-state index contributed by atoms with van der Waals surface area (Å²) in [6.45, 7) is 2.77. The number of aliphatic hydroxyl groups is 4. The molecule has 5 atom stereocenters. The Morgan fingerprint density at radius 1 is 1.00 bits per heavy atom. The number of hydrogen-bond donors (Lipinski definition) is 4. The van der Waals surface area contributed by atoms with Crippen LogP contribution in [-0.4, -0.2) is 71.3 Å². The van der Waals surface area contributed by atoms with Crippen molar-refractivity contribution in [2.45, 2.75) is 50.3 Å². The molecule has 2 heterocycles. The summed E-state index contributed by atoms with van der Waals surface area (Å²) in [6.07, 6.45) is -5.40. The molecule has 5 unspecified atom stereocenters. The molecular weight excluding hydrogens is 452 g/mol. The first kappa shape index (κ1) is 24.1. The van der Waals surface area contributed by atoms with E-state index in [0.717, 1.165) is 16.9 Å². The zero-order valence-corrected chi connectivity index (χ0v) is 19.1. The molecule has 0 bridgehead atoms. The normalized spacial score (nSPS) is 27.2. The van der Waals surface area contributed by atoms with Crippen LogP contribution in [0, 0.1) is 0 Å². The predicted octanol–water partition coefficient (Wildman–Crippen LogP) is 2.01. The number of halogens is 1. The van der Waals surface area contributed by atoms with E-state index in [4.69, 9.17) is 30.5 Å². The molecule has 0 radical (unpaired) electrons. The molecule has 8 nitrogen and oxygen atoms in total. The molecule has 2 aliphatic rings. The molecule has 4 rings (SSSR count). The maximum Gasteiger partial charge on any atom is 0.180 e. The number of benzene rings is 2. The fraction of sp³-hybridized carbons (Fsp3) is 0.500. The number of hydrogen-bond acceptors (Lipinski definition) is 8. The van der Waals surface area contributed by atoms with Crippen molar-refractivity contribution in [2.24, 2.45) is 0 Å². The summed E-state index contributed by atoms with van der Waals surface area (Å²) in [4.78, 5) is 0. The van der Waals surface area contributed by atoms with Gasteiger partial charge in [0.15, 0.2) is 11.5 Å². The van der Waals surface area contributed by atoms with E-state index >= 15 is 0 Å². The Kier molecular flexibility index (Phi) is 7.63. The third-order valence-electron chi connectivity index (χ3n) is 5.89. The second-order valence-corrected chi connectivity index (χ2v) is 8.53. The van der Waals surface area contributed by atoms with Crippen molar-refractivity contribution in [1.29, 1.82) is 0 Å². The minimum atomic E-state index is -1.51. The molecule has 180 valence electrons. The number of aliphatic hydroxyl groups excluding tert-OH is 4. The quantitative estimate of drug-likeness (QED) is 0.496. The van der Waals surface area contributed by atoms with Gasteiger partial charge in [-0.15, -0.1) is 0 Å². The molecule has 2 aromatic rings. The Bertz CT molecular complexity index is 948. The maximum absolute atomic E-state index is 10.7. The van der Waals surface area contributed by atoms with E-state index in [1.54, 1.807) is 6.07 Å². The van der Waals surface area contributed by atoms with E-state index in [9.17, 15) is 20.4 Å². The van der Waals surface area contributed by atoms with Gasteiger partial charge in [0.05, 0.1) is 31.5 Å². The van der Waals surface area contributed by atoms with Gasteiger partial charge in [0.25, 0.3) is 0 Å². The Morgan fingerprint density at radius 2 is 1.70 bits per heavy atom. The van der Waals surface area contributed by atoms with Crippen molar-refractivity contribution in [3.8, 4) is 17.2 Å². The van der Waals surface area contributed by atoms with E-state index in [1.807, 2.05) is 31.2 Å². The summed E-state index contributed by atoms with van der Waals surface area (Å²) in [6, 6.07) is 9.41. The van der Waals surface area contributed by atoms with Crippen LogP contribution >= 0.6 is 11.6 Å². The van der Waals surface area contributed by atoms with Gasteiger partial charge in [0.1, 0.15) is 36.3 Å². The lowest BCUT2D eigenvalue weighted by molar-refractivity contribution is -0.232. The molecule has 2 aliphatic heterocycles. The second kappa shape index (κ2) is 10.5. The molecule has 33 heavy (non-hydrogen) atoms. The lowest BCUT2D eigenvalue weighted by Gasteiger charge is -2.40. The maximum atomic E-state index is 10.7. The topological polar surface area (TPSA) is 118 Å². The summed E-state index contributed by atoms with van der Waals surface area (Å²) in [5.41, 5.74) is 2.14. The summed E-state index contributed by atoms with van der Waals surface area (Å²) in [5, 5.41) is 41.2. The zero-order chi connectivity index (χ0) is 23.5. The first-order chi connectivity index (χ1) is 15.9. The van der Waals surface area contributed by atoms with Gasteiger partial charge in [-0.3, -0.25) is 0 Å². The first-order valence-corrected chi connectivity index (χ1v) is 11.5. The van der Waals surface area contributed by atoms with Gasteiger partial charge in [-0.1, -0.05) is 23.7 Å². The highest BCUT2D eigenvalue weighted by atomic mass is 35.5. The van der Waals surface area contributed by atoms with Crippen molar-refractivity contribution >= 4 is 11.6 Å². The predicted molar refractivity (Wildman–Crippen MR) is 120 cm³/mol. The summed E-state index contributed by atoms with van der Waals surface area (Å²) in [5.74, 6) is 1.45. The third kappa shape index (κ3) is 4.91. The number of fused-ring (bicyclic) bond motifs is 1. The molecule has 0 aliphatic carbocycles. The molecular formula is C24H29ClO8. The van der Waals surface area contributed by atoms with Crippen LogP contribution in [0.15, 0.2) is 30.3 Å². The Morgan fingerprint density at radius 3 is 2.36 bits per heavy atom. The monoisotopic (exact) mass is 480 g/mol. The Balaban J connectivity index is 1.74. The van der Waals surface area contributed by atoms with Crippen LogP contribution in [0.4, 0.5) is 0 Å². The molecule has 0 amide bonds. The first-order valence-electron chi connectivity index (χ1n) is 11.1. The lowest BCUT2D eigenvalue weighted by atomic mass is 9.89. The van der Waals surface area contributed by atoms with E-state index in [2.05, 4.69) is 0 Å². The molecule has 2 aromatic carbocycles. The summed E-state index contributed by atoms with van der Waals surface area (Å²) >= 11 is 6.72. The highest BCUT2D eigenvalue weighted by Gasteiger charge is 2.45. The van der Waals surface area contributed by atoms with Crippen LogP contribution in [0.5, 0.6) is 17.2 Å². The Hall–Kier alpha value is -2.07. The third-order valence-corrected chi connectivity index (χ3v) is 6.30. The smallest absolute Gasteiger partial charge is 0.180 e.